The second-order valence-electron chi connectivity index (χ2n) is 4.19. The van der Waals surface area contributed by atoms with E-state index in [0.29, 0.717) is 17.4 Å². The van der Waals surface area contributed by atoms with Crippen LogP contribution in [0.4, 0.5) is 10.6 Å². The number of nitrogens with one attached hydrogen (secondary N) is 2. The first-order valence-corrected chi connectivity index (χ1v) is 6.23. The Bertz CT molecular complexity index is 594. The lowest BCUT2D eigenvalue weighted by atomic mass is 10.2. The normalized spacial score (nSPS) is 10.3. The zero-order valence-corrected chi connectivity index (χ0v) is 11.5. The molecule has 0 bridgehead atoms. The molecular weight excluding hydrogens is 264 g/mol. The summed E-state index contributed by atoms with van der Waals surface area (Å²) in [7, 11) is 1.77. The van der Waals surface area contributed by atoms with Gasteiger partial charge in [-0.15, -0.1) is 0 Å². The van der Waals surface area contributed by atoms with E-state index in [1.807, 2.05) is 25.1 Å². The van der Waals surface area contributed by atoms with Crippen molar-refractivity contribution in [2.24, 2.45) is 7.05 Å². The summed E-state index contributed by atoms with van der Waals surface area (Å²) in [4.78, 5) is 11.8. The van der Waals surface area contributed by atoms with Gasteiger partial charge in [0.05, 0.1) is 5.69 Å². The summed E-state index contributed by atoms with van der Waals surface area (Å²) >= 11 is 6.01. The van der Waals surface area contributed by atoms with E-state index in [4.69, 9.17) is 11.6 Å². The van der Waals surface area contributed by atoms with Crippen molar-refractivity contribution in [1.29, 1.82) is 0 Å². The van der Waals surface area contributed by atoms with Gasteiger partial charge in [-0.2, -0.15) is 5.10 Å². The van der Waals surface area contributed by atoms with E-state index < -0.39 is 0 Å². The topological polar surface area (TPSA) is 59.0 Å². The molecular formula is C13H15ClN4O. The molecule has 6 heteroatoms. The number of anilines is 1. The number of urea groups is 1. The van der Waals surface area contributed by atoms with Crippen LogP contribution in [0.3, 0.4) is 0 Å². The highest BCUT2D eigenvalue weighted by molar-refractivity contribution is 6.31. The van der Waals surface area contributed by atoms with Gasteiger partial charge in [-0.3, -0.25) is 10.00 Å². The standard InChI is InChI=1S/C13H15ClN4O/c1-9-7-12(18(2)17-9)16-13(19)15-8-10-5-3-4-6-11(10)14/h3-7H,8H2,1-2H3,(H2,15,16,19). The summed E-state index contributed by atoms with van der Waals surface area (Å²) in [6.45, 7) is 2.25. The Kier molecular flexibility index (Phi) is 4.06. The summed E-state index contributed by atoms with van der Waals surface area (Å²) < 4.78 is 1.62. The molecule has 5 nitrogen and oxygen atoms in total. The van der Waals surface area contributed by atoms with Crippen LogP contribution < -0.4 is 10.6 Å². The Balaban J connectivity index is 1.92. The number of halogens is 1. The Labute approximate surface area is 116 Å². The fourth-order valence-corrected chi connectivity index (χ4v) is 1.91. The summed E-state index contributed by atoms with van der Waals surface area (Å²) in [6, 6.07) is 8.91. The maximum atomic E-state index is 11.8. The minimum absolute atomic E-state index is 0.289. The molecule has 0 unspecified atom stereocenters. The van der Waals surface area contributed by atoms with Crippen molar-refractivity contribution in [2.75, 3.05) is 5.32 Å². The molecule has 1 aromatic carbocycles. The molecule has 0 atom stereocenters. The molecule has 0 spiro atoms. The first-order valence-electron chi connectivity index (χ1n) is 5.85. The van der Waals surface area contributed by atoms with Crippen LogP contribution in [-0.2, 0) is 13.6 Å². The summed E-state index contributed by atoms with van der Waals surface area (Å²) in [5.74, 6) is 0.647. The lowest BCUT2D eigenvalue weighted by Gasteiger charge is -2.08. The van der Waals surface area contributed by atoms with Crippen molar-refractivity contribution < 1.29 is 4.79 Å². The van der Waals surface area contributed by atoms with Gasteiger partial charge in [-0.1, -0.05) is 29.8 Å². The molecule has 19 heavy (non-hydrogen) atoms. The van der Waals surface area contributed by atoms with Crippen molar-refractivity contribution in [3.05, 3.63) is 46.6 Å². The van der Waals surface area contributed by atoms with Crippen LogP contribution in [0.2, 0.25) is 5.02 Å². The zero-order valence-electron chi connectivity index (χ0n) is 10.8. The molecule has 0 saturated heterocycles. The number of hydrogen-bond donors (Lipinski definition) is 2. The molecule has 2 N–H and O–H groups in total. The number of hydrogen-bond acceptors (Lipinski definition) is 2. The third kappa shape index (κ3) is 3.48. The van der Waals surface area contributed by atoms with Gasteiger partial charge in [0, 0.05) is 24.7 Å². The van der Waals surface area contributed by atoms with E-state index >= 15 is 0 Å². The van der Waals surface area contributed by atoms with Gasteiger partial charge in [-0.05, 0) is 18.6 Å². The first-order chi connectivity index (χ1) is 9.06. The minimum atomic E-state index is -0.289. The van der Waals surface area contributed by atoms with Gasteiger partial charge < -0.3 is 5.32 Å². The number of carbonyl (C=O) groups is 1. The fraction of sp³-hybridized carbons (Fsp3) is 0.231. The van der Waals surface area contributed by atoms with Crippen LogP contribution in [-0.4, -0.2) is 15.8 Å². The number of aromatic nitrogens is 2. The van der Waals surface area contributed by atoms with E-state index in [1.54, 1.807) is 23.9 Å². The molecule has 2 aromatic rings. The molecule has 1 heterocycles. The van der Waals surface area contributed by atoms with Crippen LogP contribution in [0.1, 0.15) is 11.3 Å². The number of amides is 2. The number of rotatable bonds is 3. The second kappa shape index (κ2) is 5.75. The van der Waals surface area contributed by atoms with Crippen LogP contribution in [0.15, 0.2) is 30.3 Å². The largest absolute Gasteiger partial charge is 0.334 e. The number of aryl methyl sites for hydroxylation is 2. The summed E-state index contributed by atoms with van der Waals surface area (Å²) in [5, 5.41) is 10.3. The molecule has 2 amide bonds. The number of nitrogens with zero attached hydrogens (tertiary/aromatic N) is 2. The SMILES string of the molecule is Cc1cc(NC(=O)NCc2ccccc2Cl)n(C)n1. The molecule has 0 aliphatic carbocycles. The van der Waals surface area contributed by atoms with E-state index in [1.165, 1.54) is 0 Å². The Morgan fingerprint density at radius 1 is 1.42 bits per heavy atom. The molecule has 2 rings (SSSR count). The predicted molar refractivity (Wildman–Crippen MR) is 75.3 cm³/mol. The van der Waals surface area contributed by atoms with Gasteiger partial charge in [0.1, 0.15) is 5.82 Å². The van der Waals surface area contributed by atoms with Gasteiger partial charge in [0.25, 0.3) is 0 Å². The van der Waals surface area contributed by atoms with Crippen LogP contribution >= 0.6 is 11.6 Å². The Morgan fingerprint density at radius 2 is 2.16 bits per heavy atom. The molecule has 0 radical (unpaired) electrons. The average Bonchev–Trinajstić information content (AvgIpc) is 2.67. The molecule has 100 valence electrons. The number of carbonyl (C=O) groups excluding carboxylic acids is 1. The van der Waals surface area contributed by atoms with E-state index in [2.05, 4.69) is 15.7 Å². The average molecular weight is 279 g/mol. The van der Waals surface area contributed by atoms with E-state index in [9.17, 15) is 4.79 Å². The highest BCUT2D eigenvalue weighted by Gasteiger charge is 2.07. The monoisotopic (exact) mass is 278 g/mol. The summed E-state index contributed by atoms with van der Waals surface area (Å²) in [5.41, 5.74) is 1.73. The van der Waals surface area contributed by atoms with Gasteiger partial charge in [-0.25, -0.2) is 4.79 Å². The fourth-order valence-electron chi connectivity index (χ4n) is 1.71. The molecule has 0 aliphatic heterocycles. The van der Waals surface area contributed by atoms with Crippen molar-refractivity contribution in [3.8, 4) is 0 Å². The quantitative estimate of drug-likeness (QED) is 0.907. The Hall–Kier alpha value is -2.01. The maximum Gasteiger partial charge on any atom is 0.320 e. The highest BCUT2D eigenvalue weighted by Crippen LogP contribution is 2.14. The van der Waals surface area contributed by atoms with Crippen molar-refractivity contribution in [2.45, 2.75) is 13.5 Å². The smallest absolute Gasteiger partial charge is 0.320 e. The van der Waals surface area contributed by atoms with Gasteiger partial charge in [0.15, 0.2) is 0 Å². The lowest BCUT2D eigenvalue weighted by molar-refractivity contribution is 0.251. The van der Waals surface area contributed by atoms with Crippen LogP contribution in [0.5, 0.6) is 0 Å². The van der Waals surface area contributed by atoms with E-state index in [-0.39, 0.29) is 6.03 Å². The maximum absolute atomic E-state index is 11.8. The predicted octanol–water partition coefficient (Wildman–Crippen LogP) is 2.70. The van der Waals surface area contributed by atoms with E-state index in [0.717, 1.165) is 11.3 Å². The Morgan fingerprint density at radius 3 is 2.79 bits per heavy atom. The summed E-state index contributed by atoms with van der Waals surface area (Å²) in [6.07, 6.45) is 0. The molecule has 0 fully saturated rings. The van der Waals surface area contributed by atoms with Crippen molar-refractivity contribution in [3.63, 3.8) is 0 Å². The first kappa shape index (κ1) is 13.4. The highest BCUT2D eigenvalue weighted by atomic mass is 35.5. The molecule has 1 aromatic heterocycles. The number of benzene rings is 1. The lowest BCUT2D eigenvalue weighted by Crippen LogP contribution is -2.29. The van der Waals surface area contributed by atoms with Gasteiger partial charge >= 0.3 is 6.03 Å². The van der Waals surface area contributed by atoms with Crippen LogP contribution in [0, 0.1) is 6.92 Å². The minimum Gasteiger partial charge on any atom is -0.334 e. The zero-order chi connectivity index (χ0) is 13.8. The molecule has 0 aliphatic rings. The van der Waals surface area contributed by atoms with Gasteiger partial charge in [0.2, 0.25) is 0 Å². The second-order valence-corrected chi connectivity index (χ2v) is 4.60. The third-order valence-corrected chi connectivity index (χ3v) is 3.01. The van der Waals surface area contributed by atoms with Crippen molar-refractivity contribution >= 4 is 23.4 Å². The van der Waals surface area contributed by atoms with Crippen LogP contribution in [0.25, 0.3) is 0 Å². The molecule has 0 saturated carbocycles. The van der Waals surface area contributed by atoms with Crippen molar-refractivity contribution in [1.82, 2.24) is 15.1 Å². The third-order valence-electron chi connectivity index (χ3n) is 2.64.